The van der Waals surface area contributed by atoms with Gasteiger partial charge in [0, 0.05) is 18.7 Å². The smallest absolute Gasteiger partial charge is 0.151 e. The number of rotatable bonds is 3. The van der Waals surface area contributed by atoms with E-state index < -0.39 is 0 Å². The summed E-state index contributed by atoms with van der Waals surface area (Å²) in [6, 6.07) is 12.2. The molecule has 20 heavy (non-hydrogen) atoms. The van der Waals surface area contributed by atoms with Crippen LogP contribution in [-0.2, 0) is 13.1 Å². The fraction of sp³-hybridized carbons (Fsp3) is 0.333. The number of para-hydroxylation sites is 1. The maximum absolute atomic E-state index is 5.76. The number of nitrogens with one attached hydrogen (secondary N) is 1. The zero-order valence-electron chi connectivity index (χ0n) is 11.5. The van der Waals surface area contributed by atoms with E-state index in [1.165, 1.54) is 5.56 Å². The Bertz CT molecular complexity index is 570. The lowest BCUT2D eigenvalue weighted by Crippen LogP contribution is -2.26. The average molecular weight is 270 g/mol. The van der Waals surface area contributed by atoms with Gasteiger partial charge in [-0.15, -0.1) is 5.10 Å². The number of aromatic nitrogens is 2. The van der Waals surface area contributed by atoms with Crippen molar-refractivity contribution >= 4 is 5.82 Å². The highest BCUT2D eigenvalue weighted by atomic mass is 16.5. The second kappa shape index (κ2) is 5.88. The molecule has 0 saturated carbocycles. The van der Waals surface area contributed by atoms with Crippen LogP contribution in [0.3, 0.4) is 0 Å². The van der Waals surface area contributed by atoms with Gasteiger partial charge in [-0.05, 0) is 25.2 Å². The van der Waals surface area contributed by atoms with E-state index >= 15 is 0 Å². The van der Waals surface area contributed by atoms with Crippen LogP contribution in [0.2, 0.25) is 0 Å². The minimum atomic E-state index is 0.664. The molecule has 2 heterocycles. The van der Waals surface area contributed by atoms with Crippen molar-refractivity contribution in [1.82, 2.24) is 15.5 Å². The molecule has 0 aliphatic carbocycles. The van der Waals surface area contributed by atoms with E-state index in [1.807, 2.05) is 37.4 Å². The maximum Gasteiger partial charge on any atom is 0.151 e. The van der Waals surface area contributed by atoms with Crippen molar-refractivity contribution < 1.29 is 4.74 Å². The molecule has 104 valence electrons. The second-order valence-corrected chi connectivity index (χ2v) is 4.79. The minimum absolute atomic E-state index is 0.664. The van der Waals surface area contributed by atoms with E-state index in [-0.39, 0.29) is 0 Å². The highest BCUT2D eigenvalue weighted by molar-refractivity contribution is 5.43. The largest absolute Gasteiger partial charge is 0.491 e. The third-order valence-corrected chi connectivity index (χ3v) is 3.34. The van der Waals surface area contributed by atoms with Crippen molar-refractivity contribution in [1.29, 1.82) is 0 Å². The Labute approximate surface area is 118 Å². The summed E-state index contributed by atoms with van der Waals surface area (Å²) in [4.78, 5) is 2.20. The van der Waals surface area contributed by atoms with Gasteiger partial charge in [0.2, 0.25) is 0 Å². The Morgan fingerprint density at radius 1 is 1.20 bits per heavy atom. The molecule has 1 aliphatic heterocycles. The molecule has 0 spiro atoms. The Hall–Kier alpha value is -2.14. The highest BCUT2D eigenvalue weighted by Gasteiger charge is 2.16. The molecule has 5 nitrogen and oxygen atoms in total. The summed E-state index contributed by atoms with van der Waals surface area (Å²) in [5, 5.41) is 11.6. The summed E-state index contributed by atoms with van der Waals surface area (Å²) < 4.78 is 5.76. The lowest BCUT2D eigenvalue weighted by Gasteiger charge is -2.20. The minimum Gasteiger partial charge on any atom is -0.491 e. The Kier molecular flexibility index (Phi) is 3.78. The van der Waals surface area contributed by atoms with E-state index in [9.17, 15) is 0 Å². The predicted octanol–water partition coefficient (Wildman–Crippen LogP) is 1.59. The molecule has 3 rings (SSSR count). The summed E-state index contributed by atoms with van der Waals surface area (Å²) in [6.07, 6.45) is 0. The molecule has 5 heteroatoms. The van der Waals surface area contributed by atoms with Gasteiger partial charge in [-0.1, -0.05) is 18.2 Å². The molecule has 0 amide bonds. The van der Waals surface area contributed by atoms with Crippen molar-refractivity contribution in [3.63, 3.8) is 0 Å². The summed E-state index contributed by atoms with van der Waals surface area (Å²) in [5.41, 5.74) is 2.13. The van der Waals surface area contributed by atoms with E-state index in [0.29, 0.717) is 6.61 Å². The van der Waals surface area contributed by atoms with Crippen LogP contribution in [0.15, 0.2) is 36.4 Å². The summed E-state index contributed by atoms with van der Waals surface area (Å²) in [6.45, 7) is 3.02. The van der Waals surface area contributed by atoms with Gasteiger partial charge in [-0.25, -0.2) is 0 Å². The fourth-order valence-corrected chi connectivity index (χ4v) is 2.32. The molecule has 0 bridgehead atoms. The van der Waals surface area contributed by atoms with Gasteiger partial charge in [-0.2, -0.15) is 5.10 Å². The van der Waals surface area contributed by atoms with Crippen LogP contribution in [0.5, 0.6) is 5.75 Å². The van der Waals surface area contributed by atoms with Crippen molar-refractivity contribution in [2.24, 2.45) is 0 Å². The number of anilines is 1. The van der Waals surface area contributed by atoms with Crippen molar-refractivity contribution in [2.75, 3.05) is 25.1 Å². The highest BCUT2D eigenvalue weighted by Crippen LogP contribution is 2.24. The molecule has 0 saturated heterocycles. The molecule has 0 unspecified atom stereocenters. The molecule has 1 aliphatic rings. The van der Waals surface area contributed by atoms with Gasteiger partial charge in [0.25, 0.3) is 0 Å². The Morgan fingerprint density at radius 3 is 2.90 bits per heavy atom. The summed E-state index contributed by atoms with van der Waals surface area (Å²) in [5.74, 6) is 1.86. The molecule has 0 fully saturated rings. The standard InChI is InChI=1S/C15H18N4O/c1-16-10-13-6-7-15(18-17-13)19-8-9-20-14-5-3-2-4-12(14)11-19/h2-7,16H,8-11H2,1H3. The molecule has 0 radical (unpaired) electrons. The first-order valence-electron chi connectivity index (χ1n) is 6.79. The van der Waals surface area contributed by atoms with Crippen LogP contribution in [0.4, 0.5) is 5.82 Å². The van der Waals surface area contributed by atoms with Gasteiger partial charge < -0.3 is 15.0 Å². The first-order chi connectivity index (χ1) is 9.86. The van der Waals surface area contributed by atoms with E-state index in [2.05, 4.69) is 26.5 Å². The Balaban J connectivity index is 1.80. The van der Waals surface area contributed by atoms with Crippen molar-refractivity contribution in [2.45, 2.75) is 13.1 Å². The number of fused-ring (bicyclic) bond motifs is 1. The first-order valence-corrected chi connectivity index (χ1v) is 6.79. The number of benzene rings is 1. The van der Waals surface area contributed by atoms with Crippen LogP contribution in [-0.4, -0.2) is 30.4 Å². The quantitative estimate of drug-likeness (QED) is 0.918. The lowest BCUT2D eigenvalue weighted by atomic mass is 10.2. The summed E-state index contributed by atoms with van der Waals surface area (Å²) in [7, 11) is 1.90. The average Bonchev–Trinajstić information content (AvgIpc) is 2.70. The molecule has 0 atom stereocenters. The van der Waals surface area contributed by atoms with Crippen molar-refractivity contribution in [3.05, 3.63) is 47.7 Å². The van der Waals surface area contributed by atoms with Gasteiger partial charge in [0.15, 0.2) is 5.82 Å². The molecular formula is C15H18N4O. The number of nitrogens with zero attached hydrogens (tertiary/aromatic N) is 3. The molecule has 1 N–H and O–H groups in total. The first kappa shape index (κ1) is 12.9. The van der Waals surface area contributed by atoms with Gasteiger partial charge >= 0.3 is 0 Å². The number of hydrogen-bond donors (Lipinski definition) is 1. The van der Waals surface area contributed by atoms with Crippen LogP contribution in [0.1, 0.15) is 11.3 Å². The topological polar surface area (TPSA) is 50.3 Å². The van der Waals surface area contributed by atoms with Gasteiger partial charge in [-0.3, -0.25) is 0 Å². The molecule has 2 aromatic rings. The lowest BCUT2D eigenvalue weighted by molar-refractivity contribution is 0.331. The zero-order valence-corrected chi connectivity index (χ0v) is 11.5. The predicted molar refractivity (Wildman–Crippen MR) is 77.8 cm³/mol. The SMILES string of the molecule is CNCc1ccc(N2CCOc3ccccc3C2)nn1. The van der Waals surface area contributed by atoms with E-state index in [1.54, 1.807) is 0 Å². The number of hydrogen-bond acceptors (Lipinski definition) is 5. The third kappa shape index (κ3) is 2.72. The van der Waals surface area contributed by atoms with Crippen LogP contribution in [0, 0.1) is 0 Å². The monoisotopic (exact) mass is 270 g/mol. The summed E-state index contributed by atoms with van der Waals surface area (Å²) >= 11 is 0. The van der Waals surface area contributed by atoms with Gasteiger partial charge in [0.05, 0.1) is 12.2 Å². The number of ether oxygens (including phenoxy) is 1. The van der Waals surface area contributed by atoms with E-state index in [4.69, 9.17) is 4.74 Å². The van der Waals surface area contributed by atoms with E-state index in [0.717, 1.165) is 36.9 Å². The van der Waals surface area contributed by atoms with Crippen molar-refractivity contribution in [3.8, 4) is 5.75 Å². The molecule has 1 aromatic carbocycles. The van der Waals surface area contributed by atoms with Gasteiger partial charge in [0.1, 0.15) is 12.4 Å². The molecule has 1 aromatic heterocycles. The fourth-order valence-electron chi connectivity index (χ4n) is 2.32. The van der Waals surface area contributed by atoms with Crippen LogP contribution in [0.25, 0.3) is 0 Å². The Morgan fingerprint density at radius 2 is 2.10 bits per heavy atom. The maximum atomic E-state index is 5.76. The van der Waals surface area contributed by atoms with Crippen LogP contribution >= 0.6 is 0 Å². The normalized spacial score (nSPS) is 14.3. The second-order valence-electron chi connectivity index (χ2n) is 4.79. The van der Waals surface area contributed by atoms with Crippen LogP contribution < -0.4 is 15.0 Å². The zero-order chi connectivity index (χ0) is 13.8. The molecular weight excluding hydrogens is 252 g/mol. The third-order valence-electron chi connectivity index (χ3n) is 3.34.